The number of carbonyl (C=O) groups excluding carboxylic acids is 1. The number of para-hydroxylation sites is 1. The van der Waals surface area contributed by atoms with E-state index in [9.17, 15) is 4.79 Å². The standard InChI is InChI=1S/C16H18N2O2/c1-17-9-7-12-11-18(10-8-14(12)17)16(19)13-5-3-4-6-15(13)20-2/h3-7,9H,8,10-11H2,1-2H3. The molecular formula is C16H18N2O2. The van der Waals surface area contributed by atoms with Crippen molar-refractivity contribution in [2.45, 2.75) is 13.0 Å². The molecule has 0 atom stereocenters. The number of aromatic nitrogens is 1. The zero-order chi connectivity index (χ0) is 14.1. The molecule has 1 aromatic carbocycles. The van der Waals surface area contributed by atoms with Gasteiger partial charge in [-0.1, -0.05) is 12.1 Å². The monoisotopic (exact) mass is 270 g/mol. The second kappa shape index (κ2) is 5.04. The molecule has 0 saturated heterocycles. The van der Waals surface area contributed by atoms with Crippen LogP contribution in [0.25, 0.3) is 0 Å². The van der Waals surface area contributed by atoms with Gasteiger partial charge in [-0.3, -0.25) is 4.79 Å². The first-order chi connectivity index (χ1) is 9.70. The SMILES string of the molecule is COc1ccccc1C(=O)N1CCc2c(ccn2C)C1. The predicted molar refractivity (Wildman–Crippen MR) is 76.9 cm³/mol. The highest BCUT2D eigenvalue weighted by molar-refractivity contribution is 5.97. The van der Waals surface area contributed by atoms with E-state index in [-0.39, 0.29) is 5.91 Å². The van der Waals surface area contributed by atoms with Gasteiger partial charge < -0.3 is 14.2 Å². The zero-order valence-corrected chi connectivity index (χ0v) is 11.8. The van der Waals surface area contributed by atoms with Gasteiger partial charge >= 0.3 is 0 Å². The van der Waals surface area contributed by atoms with E-state index in [1.807, 2.05) is 29.2 Å². The van der Waals surface area contributed by atoms with E-state index in [2.05, 4.69) is 23.9 Å². The molecule has 0 aliphatic carbocycles. The van der Waals surface area contributed by atoms with E-state index in [1.54, 1.807) is 7.11 Å². The Kier molecular flexibility index (Phi) is 3.22. The number of carbonyl (C=O) groups is 1. The fourth-order valence-electron chi connectivity index (χ4n) is 2.79. The van der Waals surface area contributed by atoms with Crippen LogP contribution >= 0.6 is 0 Å². The van der Waals surface area contributed by atoms with Crippen LogP contribution in [0.1, 0.15) is 21.6 Å². The van der Waals surface area contributed by atoms with Crippen molar-refractivity contribution in [3.63, 3.8) is 0 Å². The van der Waals surface area contributed by atoms with Crippen LogP contribution in [-0.4, -0.2) is 29.0 Å². The summed E-state index contributed by atoms with van der Waals surface area (Å²) in [6.45, 7) is 1.43. The third-order valence-corrected chi connectivity index (χ3v) is 3.90. The highest BCUT2D eigenvalue weighted by Gasteiger charge is 2.24. The Bertz CT molecular complexity index is 646. The number of ether oxygens (including phenoxy) is 1. The summed E-state index contributed by atoms with van der Waals surface area (Å²) in [5.74, 6) is 0.674. The number of aryl methyl sites for hydroxylation is 1. The number of hydrogen-bond donors (Lipinski definition) is 0. The fraction of sp³-hybridized carbons (Fsp3) is 0.312. The highest BCUT2D eigenvalue weighted by atomic mass is 16.5. The normalized spacial score (nSPS) is 14.0. The molecule has 4 nitrogen and oxygen atoms in total. The molecule has 0 bridgehead atoms. The minimum atomic E-state index is 0.0388. The summed E-state index contributed by atoms with van der Waals surface area (Å²) in [5.41, 5.74) is 3.20. The van der Waals surface area contributed by atoms with Gasteiger partial charge in [0.2, 0.25) is 0 Å². The van der Waals surface area contributed by atoms with Gasteiger partial charge in [0.1, 0.15) is 5.75 Å². The van der Waals surface area contributed by atoms with Crippen molar-refractivity contribution in [3.05, 3.63) is 53.3 Å². The lowest BCUT2D eigenvalue weighted by Crippen LogP contribution is -2.36. The van der Waals surface area contributed by atoms with Gasteiger partial charge in [-0.25, -0.2) is 0 Å². The molecule has 0 spiro atoms. The zero-order valence-electron chi connectivity index (χ0n) is 11.8. The third-order valence-electron chi connectivity index (χ3n) is 3.90. The molecule has 0 radical (unpaired) electrons. The number of nitrogens with zero attached hydrogens (tertiary/aromatic N) is 2. The van der Waals surface area contributed by atoms with Gasteiger partial charge in [0.15, 0.2) is 0 Å². The molecule has 1 amide bonds. The second-order valence-corrected chi connectivity index (χ2v) is 5.08. The lowest BCUT2D eigenvalue weighted by Gasteiger charge is -2.28. The lowest BCUT2D eigenvalue weighted by atomic mass is 10.1. The van der Waals surface area contributed by atoms with Gasteiger partial charge in [0.25, 0.3) is 5.91 Å². The lowest BCUT2D eigenvalue weighted by molar-refractivity contribution is 0.0730. The molecule has 20 heavy (non-hydrogen) atoms. The molecule has 1 aliphatic heterocycles. The molecule has 0 unspecified atom stereocenters. The molecule has 0 N–H and O–H groups in total. The fourth-order valence-corrected chi connectivity index (χ4v) is 2.79. The smallest absolute Gasteiger partial charge is 0.257 e. The summed E-state index contributed by atoms with van der Waals surface area (Å²) in [6.07, 6.45) is 2.96. The third kappa shape index (κ3) is 2.07. The molecule has 3 rings (SSSR count). The second-order valence-electron chi connectivity index (χ2n) is 5.08. The summed E-state index contributed by atoms with van der Waals surface area (Å²) in [5, 5.41) is 0. The molecule has 0 saturated carbocycles. The average Bonchev–Trinajstić information content (AvgIpc) is 2.87. The summed E-state index contributed by atoms with van der Waals surface area (Å²) in [7, 11) is 3.65. The summed E-state index contributed by atoms with van der Waals surface area (Å²) >= 11 is 0. The first-order valence-corrected chi connectivity index (χ1v) is 6.76. The van der Waals surface area contributed by atoms with Crippen LogP contribution in [0.3, 0.4) is 0 Å². The van der Waals surface area contributed by atoms with Crippen molar-refractivity contribution in [2.75, 3.05) is 13.7 Å². The average molecular weight is 270 g/mol. The summed E-state index contributed by atoms with van der Waals surface area (Å²) in [6, 6.07) is 9.48. The highest BCUT2D eigenvalue weighted by Crippen LogP contribution is 2.24. The first-order valence-electron chi connectivity index (χ1n) is 6.76. The van der Waals surface area contributed by atoms with Crippen LogP contribution in [0.15, 0.2) is 36.5 Å². The van der Waals surface area contributed by atoms with Crippen molar-refractivity contribution in [3.8, 4) is 5.75 Å². The Labute approximate surface area is 118 Å². The van der Waals surface area contributed by atoms with Crippen LogP contribution in [0.2, 0.25) is 0 Å². The molecule has 1 aliphatic rings. The van der Waals surface area contributed by atoms with Gasteiger partial charge in [0, 0.05) is 38.4 Å². The van der Waals surface area contributed by atoms with Crippen molar-refractivity contribution >= 4 is 5.91 Å². The maximum absolute atomic E-state index is 12.6. The minimum Gasteiger partial charge on any atom is -0.496 e. The van der Waals surface area contributed by atoms with Crippen LogP contribution < -0.4 is 4.74 Å². The molecule has 2 heterocycles. The van der Waals surface area contributed by atoms with E-state index < -0.39 is 0 Å². The van der Waals surface area contributed by atoms with Gasteiger partial charge in [-0.2, -0.15) is 0 Å². The molecule has 0 fully saturated rings. The number of methoxy groups -OCH3 is 1. The van der Waals surface area contributed by atoms with Gasteiger partial charge in [-0.15, -0.1) is 0 Å². The van der Waals surface area contributed by atoms with E-state index in [4.69, 9.17) is 4.74 Å². The molecule has 104 valence electrons. The van der Waals surface area contributed by atoms with Crippen LogP contribution in [0.5, 0.6) is 5.75 Å². The number of hydrogen-bond acceptors (Lipinski definition) is 2. The molecule has 4 heteroatoms. The molecule has 2 aromatic rings. The quantitative estimate of drug-likeness (QED) is 0.838. The Hall–Kier alpha value is -2.23. The Morgan fingerprint density at radius 1 is 1.25 bits per heavy atom. The maximum Gasteiger partial charge on any atom is 0.257 e. The van der Waals surface area contributed by atoms with E-state index in [0.717, 1.165) is 13.0 Å². The van der Waals surface area contributed by atoms with Crippen molar-refractivity contribution < 1.29 is 9.53 Å². The molecule has 1 aromatic heterocycles. The Morgan fingerprint density at radius 3 is 2.85 bits per heavy atom. The van der Waals surface area contributed by atoms with Gasteiger partial charge in [-0.05, 0) is 23.8 Å². The number of amides is 1. The number of fused-ring (bicyclic) bond motifs is 1. The van der Waals surface area contributed by atoms with E-state index >= 15 is 0 Å². The summed E-state index contributed by atoms with van der Waals surface area (Å²) < 4.78 is 7.42. The number of benzene rings is 1. The number of rotatable bonds is 2. The van der Waals surface area contributed by atoms with E-state index in [0.29, 0.717) is 17.9 Å². The molecular weight excluding hydrogens is 252 g/mol. The van der Waals surface area contributed by atoms with Gasteiger partial charge in [0.05, 0.1) is 12.7 Å². The van der Waals surface area contributed by atoms with Crippen LogP contribution in [0, 0.1) is 0 Å². The first kappa shape index (κ1) is 12.8. The van der Waals surface area contributed by atoms with E-state index in [1.165, 1.54) is 11.3 Å². The van der Waals surface area contributed by atoms with Crippen LogP contribution in [0.4, 0.5) is 0 Å². The predicted octanol–water partition coefficient (Wildman–Crippen LogP) is 2.23. The van der Waals surface area contributed by atoms with Crippen molar-refractivity contribution in [1.29, 1.82) is 0 Å². The van der Waals surface area contributed by atoms with Crippen molar-refractivity contribution in [1.82, 2.24) is 9.47 Å². The van der Waals surface area contributed by atoms with Crippen LogP contribution in [-0.2, 0) is 20.0 Å². The summed E-state index contributed by atoms with van der Waals surface area (Å²) in [4.78, 5) is 14.5. The Morgan fingerprint density at radius 2 is 2.05 bits per heavy atom. The topological polar surface area (TPSA) is 34.5 Å². The van der Waals surface area contributed by atoms with Crippen molar-refractivity contribution in [2.24, 2.45) is 7.05 Å². The Balaban J connectivity index is 1.86. The minimum absolute atomic E-state index is 0.0388. The largest absolute Gasteiger partial charge is 0.496 e. The maximum atomic E-state index is 12.6.